The highest BCUT2D eigenvalue weighted by Gasteiger charge is 2.23. The van der Waals surface area contributed by atoms with Gasteiger partial charge in [-0.25, -0.2) is 0 Å². The summed E-state index contributed by atoms with van der Waals surface area (Å²) in [6, 6.07) is 14.8. The molecule has 2 aromatic carbocycles. The minimum Gasteiger partial charge on any atom is -0.497 e. The Morgan fingerprint density at radius 3 is 1.89 bits per heavy atom. The minimum atomic E-state index is 0.653. The lowest BCUT2D eigenvalue weighted by Crippen LogP contribution is -3.27. The van der Waals surface area contributed by atoms with Crippen LogP contribution in [0.5, 0.6) is 17.2 Å². The number of benzene rings is 2. The first kappa shape index (κ1) is 19.5. The number of piperazine rings is 1. The van der Waals surface area contributed by atoms with Crippen LogP contribution in [0.1, 0.15) is 18.1 Å². The van der Waals surface area contributed by atoms with Crippen LogP contribution in [-0.2, 0) is 13.1 Å². The summed E-state index contributed by atoms with van der Waals surface area (Å²) >= 11 is 0. The molecule has 1 aliphatic heterocycles. The van der Waals surface area contributed by atoms with Gasteiger partial charge in [0, 0.05) is 11.1 Å². The average molecular weight is 373 g/mol. The van der Waals surface area contributed by atoms with Crippen LogP contribution in [0.4, 0.5) is 0 Å². The number of methoxy groups -OCH3 is 2. The van der Waals surface area contributed by atoms with Crippen LogP contribution in [-0.4, -0.2) is 47.0 Å². The summed E-state index contributed by atoms with van der Waals surface area (Å²) in [4.78, 5) is 3.30. The number of hydrogen-bond acceptors (Lipinski definition) is 3. The quantitative estimate of drug-likeness (QED) is 0.712. The molecule has 0 bridgehead atoms. The predicted octanol–water partition coefficient (Wildman–Crippen LogP) is 0.586. The lowest BCUT2D eigenvalue weighted by molar-refractivity contribution is -1.02. The van der Waals surface area contributed by atoms with Crippen molar-refractivity contribution in [1.82, 2.24) is 0 Å². The Morgan fingerprint density at radius 1 is 0.741 bits per heavy atom. The molecule has 0 amide bonds. The van der Waals surface area contributed by atoms with E-state index in [9.17, 15) is 0 Å². The Morgan fingerprint density at radius 2 is 1.33 bits per heavy atom. The maximum Gasteiger partial charge on any atom is 0.161 e. The fraction of sp³-hybridized carbons (Fsp3) is 0.455. The van der Waals surface area contributed by atoms with Gasteiger partial charge in [0.2, 0.25) is 0 Å². The van der Waals surface area contributed by atoms with E-state index in [1.807, 2.05) is 13.0 Å². The van der Waals surface area contributed by atoms with Gasteiger partial charge in [0.25, 0.3) is 0 Å². The van der Waals surface area contributed by atoms with Crippen molar-refractivity contribution in [2.45, 2.75) is 20.0 Å². The first-order valence-corrected chi connectivity index (χ1v) is 9.81. The Kier molecular flexibility index (Phi) is 6.96. The van der Waals surface area contributed by atoms with Gasteiger partial charge in [-0.3, -0.25) is 0 Å². The van der Waals surface area contributed by atoms with Gasteiger partial charge in [0.1, 0.15) is 45.0 Å². The second-order valence-electron chi connectivity index (χ2n) is 7.12. The molecule has 1 fully saturated rings. The van der Waals surface area contributed by atoms with Gasteiger partial charge >= 0.3 is 0 Å². The third-order valence-electron chi connectivity index (χ3n) is 5.26. The predicted molar refractivity (Wildman–Crippen MR) is 106 cm³/mol. The molecule has 1 saturated heterocycles. The van der Waals surface area contributed by atoms with Gasteiger partial charge in [-0.2, -0.15) is 0 Å². The summed E-state index contributed by atoms with van der Waals surface area (Å²) in [5, 5.41) is 0. The van der Waals surface area contributed by atoms with Crippen LogP contribution in [0.3, 0.4) is 0 Å². The average Bonchev–Trinajstić information content (AvgIpc) is 2.71. The lowest BCUT2D eigenvalue weighted by atomic mass is 10.1. The van der Waals surface area contributed by atoms with Gasteiger partial charge < -0.3 is 24.0 Å². The Bertz CT molecular complexity index is 710. The third-order valence-corrected chi connectivity index (χ3v) is 5.26. The summed E-state index contributed by atoms with van der Waals surface area (Å²) in [6.45, 7) is 9.59. The first-order valence-electron chi connectivity index (χ1n) is 9.81. The number of quaternary nitrogens is 2. The van der Waals surface area contributed by atoms with Gasteiger partial charge in [-0.05, 0) is 49.4 Å². The van der Waals surface area contributed by atoms with Crippen molar-refractivity contribution in [3.8, 4) is 17.2 Å². The van der Waals surface area contributed by atoms with Crippen molar-refractivity contribution in [3.05, 3.63) is 53.6 Å². The smallest absolute Gasteiger partial charge is 0.161 e. The van der Waals surface area contributed by atoms with Crippen LogP contribution in [0.2, 0.25) is 0 Å². The van der Waals surface area contributed by atoms with E-state index in [1.165, 1.54) is 37.3 Å². The zero-order valence-corrected chi connectivity index (χ0v) is 16.7. The van der Waals surface area contributed by atoms with Crippen LogP contribution in [0.25, 0.3) is 0 Å². The highest BCUT2D eigenvalue weighted by atomic mass is 16.5. The van der Waals surface area contributed by atoms with Crippen LogP contribution in [0.15, 0.2) is 42.5 Å². The number of ether oxygens (including phenoxy) is 3. The molecule has 0 atom stereocenters. The molecule has 27 heavy (non-hydrogen) atoms. The fourth-order valence-corrected chi connectivity index (χ4v) is 3.73. The molecule has 0 unspecified atom stereocenters. The van der Waals surface area contributed by atoms with Crippen molar-refractivity contribution in [3.63, 3.8) is 0 Å². The summed E-state index contributed by atoms with van der Waals surface area (Å²) in [6.07, 6.45) is 0. The van der Waals surface area contributed by atoms with E-state index in [0.717, 1.165) is 30.3 Å². The molecule has 146 valence electrons. The van der Waals surface area contributed by atoms with Gasteiger partial charge in [-0.15, -0.1) is 0 Å². The number of rotatable bonds is 8. The highest BCUT2D eigenvalue weighted by molar-refractivity contribution is 5.42. The second-order valence-corrected chi connectivity index (χ2v) is 7.12. The van der Waals surface area contributed by atoms with E-state index in [1.54, 1.807) is 24.0 Å². The summed E-state index contributed by atoms with van der Waals surface area (Å²) < 4.78 is 16.3. The molecule has 1 heterocycles. The molecule has 2 N–H and O–H groups in total. The van der Waals surface area contributed by atoms with Gasteiger partial charge in [0.05, 0.1) is 20.8 Å². The standard InChI is InChI=1S/C22H30N2O3/c1-4-27-22-15-19(7-10-21(22)26-3)17-24-13-11-23(12-14-24)16-18-5-8-20(25-2)9-6-18/h5-10,15H,4,11-14,16-17H2,1-3H3/p+2. The number of nitrogens with one attached hydrogen (secondary N) is 2. The normalized spacial score (nSPS) is 19.5. The maximum absolute atomic E-state index is 5.71. The van der Waals surface area contributed by atoms with E-state index in [4.69, 9.17) is 14.2 Å². The van der Waals surface area contributed by atoms with Gasteiger partial charge in [0.15, 0.2) is 11.5 Å². The van der Waals surface area contributed by atoms with Crippen LogP contribution < -0.4 is 24.0 Å². The third kappa shape index (κ3) is 5.37. The first-order chi connectivity index (χ1) is 13.2. The number of hydrogen-bond donors (Lipinski definition) is 2. The molecule has 0 spiro atoms. The summed E-state index contributed by atoms with van der Waals surface area (Å²) in [7, 11) is 3.40. The molecule has 3 rings (SSSR count). The van der Waals surface area contributed by atoms with E-state index < -0.39 is 0 Å². The summed E-state index contributed by atoms with van der Waals surface area (Å²) in [5.74, 6) is 2.58. The van der Waals surface area contributed by atoms with Crippen molar-refractivity contribution in [2.24, 2.45) is 0 Å². The molecule has 1 aliphatic rings. The van der Waals surface area contributed by atoms with E-state index >= 15 is 0 Å². The molecule has 0 saturated carbocycles. The molecule has 0 aliphatic carbocycles. The monoisotopic (exact) mass is 372 g/mol. The lowest BCUT2D eigenvalue weighted by Gasteiger charge is -2.30. The van der Waals surface area contributed by atoms with E-state index in [2.05, 4.69) is 36.4 Å². The fourth-order valence-electron chi connectivity index (χ4n) is 3.73. The Hall–Kier alpha value is -2.24. The summed E-state index contributed by atoms with van der Waals surface area (Å²) in [5.41, 5.74) is 2.69. The SMILES string of the molecule is CCOc1cc(C[NH+]2CC[NH+](Cc3ccc(OC)cc3)CC2)ccc1OC. The van der Waals surface area contributed by atoms with Crippen molar-refractivity contribution in [2.75, 3.05) is 47.0 Å². The van der Waals surface area contributed by atoms with Crippen LogP contribution in [0, 0.1) is 0 Å². The van der Waals surface area contributed by atoms with E-state index in [0.29, 0.717) is 6.61 Å². The molecule has 5 nitrogen and oxygen atoms in total. The van der Waals surface area contributed by atoms with Crippen molar-refractivity contribution >= 4 is 0 Å². The molecule has 0 radical (unpaired) electrons. The van der Waals surface area contributed by atoms with Crippen molar-refractivity contribution in [1.29, 1.82) is 0 Å². The molecular formula is C22H32N2O3+2. The Labute approximate surface area is 162 Å². The maximum atomic E-state index is 5.71. The Balaban J connectivity index is 1.51. The molecular weight excluding hydrogens is 340 g/mol. The molecule has 2 aromatic rings. The largest absolute Gasteiger partial charge is 0.497 e. The zero-order valence-electron chi connectivity index (χ0n) is 16.7. The highest BCUT2D eigenvalue weighted by Crippen LogP contribution is 2.27. The second kappa shape index (κ2) is 9.62. The molecule has 0 aromatic heterocycles. The topological polar surface area (TPSA) is 36.6 Å². The van der Waals surface area contributed by atoms with Crippen molar-refractivity contribution < 1.29 is 24.0 Å². The minimum absolute atomic E-state index is 0.653. The van der Waals surface area contributed by atoms with E-state index in [-0.39, 0.29) is 0 Å². The molecule has 5 heteroatoms. The zero-order chi connectivity index (χ0) is 19.1. The van der Waals surface area contributed by atoms with Gasteiger partial charge in [-0.1, -0.05) is 0 Å². The van der Waals surface area contributed by atoms with Crippen LogP contribution >= 0.6 is 0 Å².